The van der Waals surface area contributed by atoms with Gasteiger partial charge in [0.2, 0.25) is 0 Å². The quantitative estimate of drug-likeness (QED) is 0.689. The van der Waals surface area contributed by atoms with E-state index in [-0.39, 0.29) is 11.0 Å². The Morgan fingerprint density at radius 1 is 1.04 bits per heavy atom. The Morgan fingerprint density at radius 3 is 2.12 bits per heavy atom. The van der Waals surface area contributed by atoms with Crippen molar-refractivity contribution in [2.45, 2.75) is 32.1 Å². The molecule has 0 atom stereocenters. The third kappa shape index (κ3) is 3.18. The van der Waals surface area contributed by atoms with Crippen LogP contribution in [-0.2, 0) is 24.5 Å². The van der Waals surface area contributed by atoms with E-state index in [0.29, 0.717) is 16.3 Å². The fourth-order valence-corrected chi connectivity index (χ4v) is 2.57. The van der Waals surface area contributed by atoms with Gasteiger partial charge in [-0.1, -0.05) is 32.9 Å². The molecule has 1 aromatic heterocycles. The summed E-state index contributed by atoms with van der Waals surface area (Å²) in [7, 11) is 2.40. The Labute approximate surface area is 139 Å². The monoisotopic (exact) mass is 331 g/mol. The molecule has 0 aliphatic heterocycles. The molecule has 1 N–H and O–H groups in total. The van der Waals surface area contributed by atoms with Gasteiger partial charge in [0.05, 0.1) is 14.2 Å². The highest BCUT2D eigenvalue weighted by Crippen LogP contribution is 2.30. The van der Waals surface area contributed by atoms with Crippen LogP contribution in [0.2, 0.25) is 0 Å². The van der Waals surface area contributed by atoms with Crippen LogP contribution in [0.25, 0.3) is 10.8 Å². The molecule has 0 aliphatic rings. The SMILES string of the molecule is COC(=O)C(C(=O)OC)c1c[nH]c(=O)c2ccc(C(C)(C)C)cc12. The average Bonchev–Trinajstić information content (AvgIpc) is 2.55. The predicted molar refractivity (Wildman–Crippen MR) is 90.0 cm³/mol. The minimum atomic E-state index is -1.26. The van der Waals surface area contributed by atoms with E-state index in [1.54, 1.807) is 6.07 Å². The average molecular weight is 331 g/mol. The number of benzene rings is 1. The topological polar surface area (TPSA) is 85.5 Å². The summed E-state index contributed by atoms with van der Waals surface area (Å²) in [5, 5.41) is 0.935. The lowest BCUT2D eigenvalue weighted by Gasteiger charge is -2.21. The van der Waals surface area contributed by atoms with Crippen molar-refractivity contribution in [3.63, 3.8) is 0 Å². The molecule has 128 valence electrons. The van der Waals surface area contributed by atoms with Gasteiger partial charge in [-0.3, -0.25) is 14.4 Å². The van der Waals surface area contributed by atoms with E-state index in [2.05, 4.69) is 4.98 Å². The van der Waals surface area contributed by atoms with E-state index >= 15 is 0 Å². The van der Waals surface area contributed by atoms with E-state index in [1.165, 1.54) is 20.4 Å². The number of esters is 2. The number of carbonyl (C=O) groups is 2. The fourth-order valence-electron chi connectivity index (χ4n) is 2.57. The normalized spacial score (nSPS) is 11.6. The van der Waals surface area contributed by atoms with E-state index in [0.717, 1.165) is 5.56 Å². The van der Waals surface area contributed by atoms with Crippen molar-refractivity contribution in [3.05, 3.63) is 45.9 Å². The molecule has 24 heavy (non-hydrogen) atoms. The molecule has 0 bridgehead atoms. The zero-order valence-corrected chi connectivity index (χ0v) is 14.4. The van der Waals surface area contributed by atoms with Crippen LogP contribution in [0, 0.1) is 0 Å². The van der Waals surface area contributed by atoms with Crippen LogP contribution < -0.4 is 5.56 Å². The van der Waals surface area contributed by atoms with Gasteiger partial charge in [0.1, 0.15) is 0 Å². The van der Waals surface area contributed by atoms with Crippen LogP contribution in [0.15, 0.2) is 29.2 Å². The zero-order valence-electron chi connectivity index (χ0n) is 14.4. The van der Waals surface area contributed by atoms with Crippen molar-refractivity contribution >= 4 is 22.7 Å². The number of hydrogen-bond acceptors (Lipinski definition) is 5. The third-order valence-electron chi connectivity index (χ3n) is 3.98. The number of rotatable bonds is 3. The molecular weight excluding hydrogens is 310 g/mol. The van der Waals surface area contributed by atoms with Crippen LogP contribution in [-0.4, -0.2) is 31.1 Å². The van der Waals surface area contributed by atoms with E-state index in [9.17, 15) is 14.4 Å². The summed E-state index contributed by atoms with van der Waals surface area (Å²) in [6.45, 7) is 6.12. The molecule has 0 aliphatic carbocycles. The second-order valence-electron chi connectivity index (χ2n) is 6.56. The maximum atomic E-state index is 12.1. The Morgan fingerprint density at radius 2 is 1.62 bits per heavy atom. The molecule has 6 nitrogen and oxygen atoms in total. The van der Waals surface area contributed by atoms with Crippen molar-refractivity contribution in [3.8, 4) is 0 Å². The summed E-state index contributed by atoms with van der Waals surface area (Å²) in [5.74, 6) is -2.73. The maximum absolute atomic E-state index is 12.1. The van der Waals surface area contributed by atoms with Gasteiger partial charge in [-0.15, -0.1) is 0 Å². The second kappa shape index (κ2) is 6.47. The lowest BCUT2D eigenvalue weighted by molar-refractivity contribution is -0.154. The van der Waals surface area contributed by atoms with Crippen LogP contribution in [0.4, 0.5) is 0 Å². The zero-order chi connectivity index (χ0) is 18.1. The first-order valence-corrected chi connectivity index (χ1v) is 7.52. The molecule has 0 amide bonds. The summed E-state index contributed by atoms with van der Waals surface area (Å²) >= 11 is 0. The van der Waals surface area contributed by atoms with Crippen molar-refractivity contribution in [1.29, 1.82) is 0 Å². The van der Waals surface area contributed by atoms with Crippen LogP contribution in [0.3, 0.4) is 0 Å². The summed E-state index contributed by atoms with van der Waals surface area (Å²) in [4.78, 5) is 38.9. The summed E-state index contributed by atoms with van der Waals surface area (Å²) in [6, 6.07) is 5.40. The Hall–Kier alpha value is -2.63. The van der Waals surface area contributed by atoms with Gasteiger partial charge in [-0.05, 0) is 22.4 Å². The minimum absolute atomic E-state index is 0.153. The van der Waals surface area contributed by atoms with Crippen LogP contribution >= 0.6 is 0 Å². The first kappa shape index (κ1) is 17.7. The van der Waals surface area contributed by atoms with E-state index in [1.807, 2.05) is 32.9 Å². The van der Waals surface area contributed by atoms with Gasteiger partial charge >= 0.3 is 11.9 Å². The summed E-state index contributed by atoms with van der Waals surface area (Å²) in [5.41, 5.74) is 0.896. The van der Waals surface area contributed by atoms with Crippen molar-refractivity contribution < 1.29 is 19.1 Å². The van der Waals surface area contributed by atoms with Gasteiger partial charge in [0.15, 0.2) is 5.92 Å². The number of hydrogen-bond donors (Lipinski definition) is 1. The lowest BCUT2D eigenvalue weighted by atomic mass is 9.84. The minimum Gasteiger partial charge on any atom is -0.468 e. The highest BCUT2D eigenvalue weighted by molar-refractivity contribution is 6.04. The number of nitrogens with one attached hydrogen (secondary N) is 1. The molecule has 0 unspecified atom stereocenters. The van der Waals surface area contributed by atoms with Gasteiger partial charge in [0.25, 0.3) is 5.56 Å². The molecular formula is C18H21NO5. The highest BCUT2D eigenvalue weighted by atomic mass is 16.5. The number of methoxy groups -OCH3 is 2. The van der Waals surface area contributed by atoms with Crippen molar-refractivity contribution in [2.75, 3.05) is 14.2 Å². The summed E-state index contributed by atoms with van der Waals surface area (Å²) < 4.78 is 9.47. The number of fused-ring (bicyclic) bond motifs is 1. The first-order valence-electron chi connectivity index (χ1n) is 7.52. The first-order chi connectivity index (χ1) is 11.2. The van der Waals surface area contributed by atoms with E-state index in [4.69, 9.17) is 9.47 Å². The van der Waals surface area contributed by atoms with Crippen molar-refractivity contribution in [2.24, 2.45) is 0 Å². The number of H-pyrrole nitrogens is 1. The molecule has 2 aromatic rings. The lowest BCUT2D eigenvalue weighted by Crippen LogP contribution is -2.26. The number of pyridine rings is 1. The molecule has 2 rings (SSSR count). The predicted octanol–water partition coefficient (Wildman–Crippen LogP) is 2.26. The largest absolute Gasteiger partial charge is 0.468 e. The second-order valence-corrected chi connectivity index (χ2v) is 6.56. The maximum Gasteiger partial charge on any atom is 0.324 e. The highest BCUT2D eigenvalue weighted by Gasteiger charge is 2.33. The van der Waals surface area contributed by atoms with Gasteiger partial charge in [0, 0.05) is 17.1 Å². The Bertz CT molecular complexity index is 829. The Kier molecular flexibility index (Phi) is 4.78. The fraction of sp³-hybridized carbons (Fsp3) is 0.389. The molecule has 1 aromatic carbocycles. The van der Waals surface area contributed by atoms with Crippen LogP contribution in [0.5, 0.6) is 0 Å². The van der Waals surface area contributed by atoms with Gasteiger partial charge in [-0.25, -0.2) is 0 Å². The molecule has 0 spiro atoms. The standard InChI is InChI=1S/C18H21NO5/c1-18(2,3)10-6-7-11-12(8-10)13(9-19-15(11)20)14(16(21)23-4)17(22)24-5/h6-9,14H,1-5H3,(H,19,20). The molecule has 0 saturated heterocycles. The molecule has 0 saturated carbocycles. The van der Waals surface area contributed by atoms with Gasteiger partial charge < -0.3 is 14.5 Å². The number of aromatic nitrogens is 1. The van der Waals surface area contributed by atoms with Gasteiger partial charge in [-0.2, -0.15) is 0 Å². The molecule has 0 fully saturated rings. The van der Waals surface area contributed by atoms with Crippen molar-refractivity contribution in [1.82, 2.24) is 4.98 Å². The molecule has 1 heterocycles. The number of aromatic amines is 1. The van der Waals surface area contributed by atoms with E-state index < -0.39 is 17.9 Å². The number of carbonyl (C=O) groups excluding carboxylic acids is 2. The third-order valence-corrected chi connectivity index (χ3v) is 3.98. The van der Waals surface area contributed by atoms with Crippen LogP contribution in [0.1, 0.15) is 37.8 Å². The molecule has 6 heteroatoms. The summed E-state index contributed by atoms with van der Waals surface area (Å²) in [6.07, 6.45) is 1.37. The Balaban J connectivity index is 2.81. The smallest absolute Gasteiger partial charge is 0.324 e. The number of ether oxygens (including phenoxy) is 2. The molecule has 0 radical (unpaired) electrons.